The molecule has 0 saturated carbocycles. The number of nitrogens with one attached hydrogen (secondary N) is 1. The standard InChI is InChI=1S/C40H41F3N4O3/c1-4-11-32(37(44)48)33(22-26(2)3)38(49)45-34-25-46(31-14-6-5-7-15-31)35-16-8-9-17-36(35)47(39(34)50)24-27-12-10-13-29(23-27)28-18-20-30(21-19-28)40(41,42)43/h4-10,12-21,23,26,32-34H,1,11,22,24-25H2,2-3H3,(H2,44,48)(H,45,49)/t32-,33+,34?/m0/s1. The molecule has 0 radical (unpaired) electrons. The first-order chi connectivity index (χ1) is 23.9. The predicted molar refractivity (Wildman–Crippen MR) is 190 cm³/mol. The maximum absolute atomic E-state index is 14.7. The zero-order chi connectivity index (χ0) is 36.0. The molecular weight excluding hydrogens is 641 g/mol. The first-order valence-electron chi connectivity index (χ1n) is 16.6. The summed E-state index contributed by atoms with van der Waals surface area (Å²) in [5.41, 5.74) is 9.26. The number of anilines is 3. The third kappa shape index (κ3) is 8.25. The fourth-order valence-electron chi connectivity index (χ4n) is 6.49. The Kier molecular flexibility index (Phi) is 11.1. The molecule has 4 aromatic rings. The number of hydrogen-bond acceptors (Lipinski definition) is 4. The molecule has 1 heterocycles. The number of halogens is 3. The molecule has 260 valence electrons. The van der Waals surface area contributed by atoms with Crippen LogP contribution in [0, 0.1) is 17.8 Å². The second-order valence-corrected chi connectivity index (χ2v) is 13.0. The first kappa shape index (κ1) is 35.9. The molecule has 0 aliphatic carbocycles. The summed E-state index contributed by atoms with van der Waals surface area (Å²) >= 11 is 0. The van der Waals surface area contributed by atoms with Crippen molar-refractivity contribution in [3.8, 4) is 11.1 Å². The molecule has 1 aliphatic heterocycles. The maximum atomic E-state index is 14.7. The largest absolute Gasteiger partial charge is 0.416 e. The van der Waals surface area contributed by atoms with Gasteiger partial charge < -0.3 is 20.9 Å². The van der Waals surface area contributed by atoms with Gasteiger partial charge in [-0.1, -0.05) is 80.6 Å². The third-order valence-electron chi connectivity index (χ3n) is 8.92. The van der Waals surface area contributed by atoms with Crippen LogP contribution in [0.25, 0.3) is 11.1 Å². The Hall–Kier alpha value is -5.38. The SMILES string of the molecule is C=CC[C@H](C(N)=O)[C@@H](CC(C)C)C(=O)NC1CN(c2ccccc2)c2ccccc2N(Cc2cccc(-c3ccc(C(F)(F)F)cc3)c2)C1=O. The Morgan fingerprint density at radius 1 is 0.900 bits per heavy atom. The topological polar surface area (TPSA) is 95.7 Å². The Morgan fingerprint density at radius 2 is 1.56 bits per heavy atom. The number of para-hydroxylation sites is 3. The lowest BCUT2D eigenvalue weighted by Crippen LogP contribution is -2.54. The quantitative estimate of drug-likeness (QED) is 0.149. The number of benzene rings is 4. The van der Waals surface area contributed by atoms with Gasteiger partial charge in [0.05, 0.1) is 41.9 Å². The van der Waals surface area contributed by atoms with Crippen molar-refractivity contribution in [2.75, 3.05) is 16.3 Å². The van der Waals surface area contributed by atoms with Crippen LogP contribution in [-0.4, -0.2) is 30.3 Å². The summed E-state index contributed by atoms with van der Waals surface area (Å²) in [5.74, 6) is -2.89. The number of alkyl halides is 3. The molecule has 0 fully saturated rings. The van der Waals surface area contributed by atoms with Crippen LogP contribution in [0.15, 0.2) is 116 Å². The highest BCUT2D eigenvalue weighted by atomic mass is 19.4. The molecule has 4 aromatic carbocycles. The van der Waals surface area contributed by atoms with Gasteiger partial charge in [0, 0.05) is 5.69 Å². The maximum Gasteiger partial charge on any atom is 0.416 e. The second-order valence-electron chi connectivity index (χ2n) is 13.0. The number of carbonyl (C=O) groups is 3. The molecule has 3 N–H and O–H groups in total. The van der Waals surface area contributed by atoms with Crippen molar-refractivity contribution in [1.82, 2.24) is 5.32 Å². The number of rotatable bonds is 12. The molecule has 0 saturated heterocycles. The van der Waals surface area contributed by atoms with Crippen LogP contribution in [0.2, 0.25) is 0 Å². The summed E-state index contributed by atoms with van der Waals surface area (Å²) in [4.78, 5) is 44.9. The van der Waals surface area contributed by atoms with Crippen molar-refractivity contribution in [2.24, 2.45) is 23.5 Å². The van der Waals surface area contributed by atoms with Crippen LogP contribution in [0.5, 0.6) is 0 Å². The number of carbonyl (C=O) groups excluding carboxylic acids is 3. The van der Waals surface area contributed by atoms with Crippen LogP contribution in [-0.2, 0) is 27.1 Å². The summed E-state index contributed by atoms with van der Waals surface area (Å²) in [6.07, 6.45) is -2.26. The van der Waals surface area contributed by atoms with Gasteiger partial charge in [-0.3, -0.25) is 14.4 Å². The molecule has 0 spiro atoms. The molecule has 10 heteroatoms. The number of nitrogens with two attached hydrogens (primary N) is 1. The van der Waals surface area contributed by atoms with Gasteiger partial charge in [0.25, 0.3) is 5.91 Å². The van der Waals surface area contributed by atoms with Gasteiger partial charge >= 0.3 is 6.18 Å². The highest BCUT2D eigenvalue weighted by Gasteiger charge is 2.39. The van der Waals surface area contributed by atoms with E-state index in [4.69, 9.17) is 5.73 Å². The van der Waals surface area contributed by atoms with E-state index in [-0.39, 0.29) is 31.3 Å². The van der Waals surface area contributed by atoms with Crippen LogP contribution >= 0.6 is 0 Å². The van der Waals surface area contributed by atoms with Crippen LogP contribution in [0.4, 0.5) is 30.2 Å². The summed E-state index contributed by atoms with van der Waals surface area (Å²) < 4.78 is 39.6. The van der Waals surface area contributed by atoms with Crippen molar-refractivity contribution >= 4 is 34.8 Å². The molecule has 3 amide bonds. The van der Waals surface area contributed by atoms with Crippen molar-refractivity contribution < 1.29 is 27.6 Å². The average Bonchev–Trinajstić information content (AvgIpc) is 3.20. The fraction of sp³-hybridized carbons (Fsp3) is 0.275. The summed E-state index contributed by atoms with van der Waals surface area (Å²) in [7, 11) is 0. The van der Waals surface area contributed by atoms with E-state index in [0.717, 1.165) is 29.1 Å². The van der Waals surface area contributed by atoms with Gasteiger partial charge in [0.1, 0.15) is 6.04 Å². The lowest BCUT2D eigenvalue weighted by molar-refractivity contribution is -0.137. The minimum Gasteiger partial charge on any atom is -0.369 e. The van der Waals surface area contributed by atoms with Gasteiger partial charge in [-0.25, -0.2) is 0 Å². The minimum atomic E-state index is -4.44. The Labute approximate surface area is 290 Å². The monoisotopic (exact) mass is 682 g/mol. The second kappa shape index (κ2) is 15.4. The van der Waals surface area contributed by atoms with E-state index in [1.165, 1.54) is 12.1 Å². The molecule has 5 rings (SSSR count). The van der Waals surface area contributed by atoms with E-state index >= 15 is 0 Å². The van der Waals surface area contributed by atoms with Gasteiger partial charge in [-0.2, -0.15) is 13.2 Å². The lowest BCUT2D eigenvalue weighted by atomic mass is 9.82. The Morgan fingerprint density at radius 3 is 2.18 bits per heavy atom. The van der Waals surface area contributed by atoms with Gasteiger partial charge in [-0.05, 0) is 77.9 Å². The molecule has 0 aromatic heterocycles. The van der Waals surface area contributed by atoms with Crippen LogP contribution in [0.3, 0.4) is 0 Å². The molecule has 3 atom stereocenters. The first-order valence-corrected chi connectivity index (χ1v) is 16.6. The number of allylic oxidation sites excluding steroid dienone is 1. The highest BCUT2D eigenvalue weighted by Crippen LogP contribution is 2.39. The van der Waals surface area contributed by atoms with E-state index in [1.807, 2.05) is 85.5 Å². The van der Waals surface area contributed by atoms with E-state index in [2.05, 4.69) is 11.9 Å². The molecule has 1 unspecified atom stereocenters. The zero-order valence-electron chi connectivity index (χ0n) is 28.1. The lowest BCUT2D eigenvalue weighted by Gasteiger charge is -2.30. The average molecular weight is 683 g/mol. The number of primary amides is 1. The van der Waals surface area contributed by atoms with Gasteiger partial charge in [0.15, 0.2) is 0 Å². The summed E-state index contributed by atoms with van der Waals surface area (Å²) in [6, 6.07) is 28.3. The predicted octanol–water partition coefficient (Wildman–Crippen LogP) is 7.88. The van der Waals surface area contributed by atoms with Crippen molar-refractivity contribution in [3.05, 3.63) is 127 Å². The van der Waals surface area contributed by atoms with E-state index in [0.29, 0.717) is 23.2 Å². The Bertz CT molecular complexity index is 1830. The highest BCUT2D eigenvalue weighted by molar-refractivity contribution is 6.04. The van der Waals surface area contributed by atoms with E-state index < -0.39 is 41.4 Å². The fourth-order valence-corrected chi connectivity index (χ4v) is 6.49. The van der Waals surface area contributed by atoms with Crippen molar-refractivity contribution in [1.29, 1.82) is 0 Å². The zero-order valence-corrected chi connectivity index (χ0v) is 28.1. The van der Waals surface area contributed by atoms with Gasteiger partial charge in [-0.15, -0.1) is 6.58 Å². The van der Waals surface area contributed by atoms with Crippen molar-refractivity contribution in [2.45, 2.75) is 45.5 Å². The Balaban J connectivity index is 1.54. The normalized spacial score (nSPS) is 16.0. The smallest absolute Gasteiger partial charge is 0.369 e. The van der Waals surface area contributed by atoms with E-state index in [1.54, 1.807) is 23.1 Å². The van der Waals surface area contributed by atoms with Gasteiger partial charge in [0.2, 0.25) is 11.8 Å². The minimum absolute atomic E-state index is 0.0702. The number of hydrogen-bond donors (Lipinski definition) is 2. The number of nitrogens with zero attached hydrogens (tertiary/aromatic N) is 2. The summed E-state index contributed by atoms with van der Waals surface area (Å²) in [5, 5.41) is 3.01. The molecule has 1 aliphatic rings. The van der Waals surface area contributed by atoms with Crippen LogP contribution < -0.4 is 20.9 Å². The van der Waals surface area contributed by atoms with E-state index in [9.17, 15) is 27.6 Å². The molecule has 0 bridgehead atoms. The van der Waals surface area contributed by atoms with Crippen LogP contribution in [0.1, 0.15) is 37.8 Å². The van der Waals surface area contributed by atoms with Crippen molar-refractivity contribution in [3.63, 3.8) is 0 Å². The molecule has 50 heavy (non-hydrogen) atoms. The summed E-state index contributed by atoms with van der Waals surface area (Å²) in [6.45, 7) is 7.89. The molecular formula is C40H41F3N4O3. The number of amides is 3. The number of fused-ring (bicyclic) bond motifs is 1. The molecule has 7 nitrogen and oxygen atoms in total. The third-order valence-corrected chi connectivity index (χ3v) is 8.92.